The van der Waals surface area contributed by atoms with E-state index in [0.29, 0.717) is 5.82 Å². The molecule has 0 amide bonds. The van der Waals surface area contributed by atoms with Gasteiger partial charge < -0.3 is 10.4 Å². The Hall–Kier alpha value is -2.50. The molecule has 20 heavy (non-hydrogen) atoms. The number of nitriles is 1. The van der Waals surface area contributed by atoms with E-state index in [-0.39, 0.29) is 17.9 Å². The Labute approximate surface area is 118 Å². The van der Waals surface area contributed by atoms with E-state index in [1.54, 1.807) is 12.1 Å². The fourth-order valence-corrected chi connectivity index (χ4v) is 2.27. The van der Waals surface area contributed by atoms with E-state index in [4.69, 9.17) is 5.26 Å². The lowest BCUT2D eigenvalue weighted by molar-refractivity contribution is -0.385. The minimum atomic E-state index is -0.705. The molecular formula is C12H10N4O3S. The van der Waals surface area contributed by atoms with Crippen molar-refractivity contribution in [1.82, 2.24) is 4.98 Å². The number of nitrogens with zero attached hydrogens (tertiary/aromatic N) is 3. The lowest BCUT2D eigenvalue weighted by Crippen LogP contribution is -2.12. The normalized spacial score (nSPS) is 11.6. The van der Waals surface area contributed by atoms with E-state index in [1.807, 2.05) is 10.8 Å². The summed E-state index contributed by atoms with van der Waals surface area (Å²) in [6.45, 7) is 0.201. The fourth-order valence-electron chi connectivity index (χ4n) is 1.56. The number of nitro groups is 1. The van der Waals surface area contributed by atoms with E-state index < -0.39 is 11.0 Å². The minimum absolute atomic E-state index is 0.201. The highest BCUT2D eigenvalue weighted by molar-refractivity contribution is 7.07. The smallest absolute Gasteiger partial charge is 0.305 e. The van der Waals surface area contributed by atoms with Crippen LogP contribution >= 0.6 is 11.3 Å². The van der Waals surface area contributed by atoms with Crippen molar-refractivity contribution >= 4 is 22.8 Å². The average molecular weight is 290 g/mol. The molecule has 0 aliphatic rings. The van der Waals surface area contributed by atoms with Gasteiger partial charge in [0.15, 0.2) is 0 Å². The van der Waals surface area contributed by atoms with Crippen LogP contribution in [0.2, 0.25) is 0 Å². The zero-order chi connectivity index (χ0) is 14.5. The van der Waals surface area contributed by atoms with E-state index in [2.05, 4.69) is 10.3 Å². The Balaban J connectivity index is 2.07. The molecule has 1 unspecified atom stereocenters. The molecule has 0 aliphatic heterocycles. The summed E-state index contributed by atoms with van der Waals surface area (Å²) < 4.78 is 0. The zero-order valence-electron chi connectivity index (χ0n) is 10.2. The van der Waals surface area contributed by atoms with Crippen LogP contribution in [0.1, 0.15) is 17.4 Å². The summed E-state index contributed by atoms with van der Waals surface area (Å²) in [6, 6.07) is 6.10. The number of aromatic nitrogens is 1. The molecule has 2 N–H and O–H groups in total. The summed E-state index contributed by atoms with van der Waals surface area (Å²) in [5.74, 6) is 0.307. The van der Waals surface area contributed by atoms with Crippen LogP contribution < -0.4 is 5.32 Å². The Kier molecular flexibility index (Phi) is 4.24. The molecule has 8 heteroatoms. The van der Waals surface area contributed by atoms with E-state index in [1.165, 1.54) is 23.5 Å². The quantitative estimate of drug-likeness (QED) is 0.644. The molecule has 0 radical (unpaired) electrons. The van der Waals surface area contributed by atoms with Gasteiger partial charge in [-0.1, -0.05) is 0 Å². The van der Waals surface area contributed by atoms with Gasteiger partial charge in [-0.15, -0.1) is 0 Å². The number of hydrogen-bond acceptors (Lipinski definition) is 7. The second-order valence-corrected chi connectivity index (χ2v) is 4.67. The molecule has 0 fully saturated rings. The van der Waals surface area contributed by atoms with Crippen LogP contribution in [0.15, 0.2) is 29.0 Å². The summed E-state index contributed by atoms with van der Waals surface area (Å²) in [4.78, 5) is 13.9. The summed E-state index contributed by atoms with van der Waals surface area (Å²) >= 11 is 1.48. The molecule has 2 aromatic heterocycles. The lowest BCUT2D eigenvalue weighted by Gasteiger charge is -2.11. The molecular weight excluding hydrogens is 280 g/mol. The lowest BCUT2D eigenvalue weighted by atomic mass is 10.2. The van der Waals surface area contributed by atoms with Crippen molar-refractivity contribution in [2.24, 2.45) is 0 Å². The minimum Gasteiger partial charge on any atom is -0.387 e. The molecule has 0 saturated carbocycles. The first-order valence-corrected chi connectivity index (χ1v) is 6.55. The Morgan fingerprint density at radius 1 is 1.55 bits per heavy atom. The van der Waals surface area contributed by atoms with Crippen molar-refractivity contribution in [3.63, 3.8) is 0 Å². The van der Waals surface area contributed by atoms with E-state index in [0.717, 1.165) is 5.56 Å². The third-order valence-corrected chi connectivity index (χ3v) is 3.28. The molecule has 0 aliphatic carbocycles. The van der Waals surface area contributed by atoms with Crippen molar-refractivity contribution in [3.8, 4) is 6.07 Å². The average Bonchev–Trinajstić information content (AvgIpc) is 2.98. The second-order valence-electron chi connectivity index (χ2n) is 3.89. The van der Waals surface area contributed by atoms with Crippen molar-refractivity contribution in [1.29, 1.82) is 5.26 Å². The number of nitrogens with one attached hydrogen (secondary N) is 1. The van der Waals surface area contributed by atoms with Crippen LogP contribution in [-0.4, -0.2) is 21.6 Å². The number of rotatable bonds is 5. The van der Waals surface area contributed by atoms with E-state index in [9.17, 15) is 15.2 Å². The Bertz CT molecular complexity index is 651. The van der Waals surface area contributed by atoms with Gasteiger partial charge in [-0.3, -0.25) is 10.1 Å². The van der Waals surface area contributed by atoms with Crippen LogP contribution in [-0.2, 0) is 0 Å². The SMILES string of the molecule is N#Cc1nc(NCC(O)c2ccsc2)ccc1[N+](=O)[O-]. The molecule has 0 spiro atoms. The standard InChI is InChI=1S/C12H10N4O3S/c13-5-9-10(16(18)19)1-2-12(15-9)14-6-11(17)8-3-4-20-7-8/h1-4,7,11,17H,6H2,(H,14,15). The van der Waals surface area contributed by atoms with Crippen molar-refractivity contribution in [2.45, 2.75) is 6.10 Å². The summed E-state index contributed by atoms with van der Waals surface area (Å²) in [5, 5.41) is 35.9. The van der Waals surface area contributed by atoms with Crippen molar-refractivity contribution < 1.29 is 10.0 Å². The summed E-state index contributed by atoms with van der Waals surface area (Å²) in [5.41, 5.74) is 0.186. The van der Waals surface area contributed by atoms with Gasteiger partial charge in [0.25, 0.3) is 0 Å². The molecule has 0 bridgehead atoms. The monoisotopic (exact) mass is 290 g/mol. The van der Waals surface area contributed by atoms with Gasteiger partial charge >= 0.3 is 5.69 Å². The molecule has 1 atom stereocenters. The Morgan fingerprint density at radius 3 is 2.95 bits per heavy atom. The zero-order valence-corrected chi connectivity index (χ0v) is 11.0. The van der Waals surface area contributed by atoms with E-state index >= 15 is 0 Å². The van der Waals surface area contributed by atoms with Crippen LogP contribution in [0, 0.1) is 21.4 Å². The molecule has 2 rings (SSSR count). The van der Waals surface area contributed by atoms with Crippen molar-refractivity contribution in [3.05, 3.63) is 50.3 Å². The van der Waals surface area contributed by atoms with Crippen LogP contribution in [0.25, 0.3) is 0 Å². The van der Waals surface area contributed by atoms with Gasteiger partial charge in [0.2, 0.25) is 5.69 Å². The second kappa shape index (κ2) is 6.10. The predicted molar refractivity (Wildman–Crippen MR) is 73.4 cm³/mol. The van der Waals surface area contributed by atoms with Gasteiger partial charge in [0.1, 0.15) is 11.9 Å². The number of aliphatic hydroxyl groups is 1. The van der Waals surface area contributed by atoms with Crippen molar-refractivity contribution in [2.75, 3.05) is 11.9 Å². The number of aliphatic hydroxyl groups excluding tert-OH is 1. The summed E-state index contributed by atoms with van der Waals surface area (Å²) in [6.07, 6.45) is -0.705. The van der Waals surface area contributed by atoms with Gasteiger partial charge in [0, 0.05) is 12.6 Å². The first-order chi connectivity index (χ1) is 9.61. The molecule has 102 valence electrons. The summed E-state index contributed by atoms with van der Waals surface area (Å²) in [7, 11) is 0. The predicted octanol–water partition coefficient (Wildman–Crippen LogP) is 2.07. The Morgan fingerprint density at radius 2 is 2.35 bits per heavy atom. The number of hydrogen-bond donors (Lipinski definition) is 2. The molecule has 2 heterocycles. The third-order valence-electron chi connectivity index (χ3n) is 2.58. The molecule has 7 nitrogen and oxygen atoms in total. The first kappa shape index (κ1) is 13.9. The molecule has 2 aromatic rings. The maximum atomic E-state index is 10.7. The van der Waals surface area contributed by atoms with Crippen LogP contribution in [0.4, 0.5) is 11.5 Å². The maximum absolute atomic E-state index is 10.7. The highest BCUT2D eigenvalue weighted by Crippen LogP contribution is 2.20. The van der Waals surface area contributed by atoms with Crippen LogP contribution in [0.3, 0.4) is 0 Å². The highest BCUT2D eigenvalue weighted by Gasteiger charge is 2.16. The van der Waals surface area contributed by atoms with Gasteiger partial charge in [-0.05, 0) is 28.5 Å². The number of thiophene rings is 1. The largest absolute Gasteiger partial charge is 0.387 e. The fraction of sp³-hybridized carbons (Fsp3) is 0.167. The van der Waals surface area contributed by atoms with Crippen LogP contribution in [0.5, 0.6) is 0 Å². The highest BCUT2D eigenvalue weighted by atomic mass is 32.1. The topological polar surface area (TPSA) is 112 Å². The van der Waals surface area contributed by atoms with Gasteiger partial charge in [0.05, 0.1) is 11.0 Å². The number of pyridine rings is 1. The molecule has 0 saturated heterocycles. The van der Waals surface area contributed by atoms with Gasteiger partial charge in [-0.25, -0.2) is 4.98 Å². The first-order valence-electron chi connectivity index (χ1n) is 5.61. The molecule has 0 aromatic carbocycles. The maximum Gasteiger partial charge on any atom is 0.305 e. The van der Waals surface area contributed by atoms with Gasteiger partial charge in [-0.2, -0.15) is 16.6 Å². The number of anilines is 1. The third kappa shape index (κ3) is 3.09.